The monoisotopic (exact) mass is 643 g/mol. The second-order valence-electron chi connectivity index (χ2n) is 8.23. The third-order valence-corrected chi connectivity index (χ3v) is 5.62. The number of carbonyl (C=O) groups is 2. The molecule has 1 aliphatic rings. The topological polar surface area (TPSA) is 132 Å². The van der Waals surface area contributed by atoms with Crippen molar-refractivity contribution in [3.05, 3.63) is 41.0 Å². The molecule has 1 saturated heterocycles. The molecule has 1 aliphatic heterocycles. The van der Waals surface area contributed by atoms with E-state index in [1.54, 1.807) is 6.20 Å². The number of aromatic nitrogens is 3. The van der Waals surface area contributed by atoms with Crippen LogP contribution in [0.1, 0.15) is 0 Å². The first kappa shape index (κ1) is 32.8. The highest BCUT2D eigenvalue weighted by Gasteiger charge is 2.38. The second kappa shape index (κ2) is 14.3. The second-order valence-corrected chi connectivity index (χ2v) is 9.15. The largest absolute Gasteiger partial charge is 0.492 e. The highest BCUT2D eigenvalue weighted by Crippen LogP contribution is 2.23. The van der Waals surface area contributed by atoms with Crippen molar-refractivity contribution < 1.29 is 50.9 Å². The molecule has 0 radical (unpaired) electrons. The molecule has 0 aliphatic carbocycles. The summed E-state index contributed by atoms with van der Waals surface area (Å²) in [6, 6.07) is 10.00. The van der Waals surface area contributed by atoms with Crippen molar-refractivity contribution in [1.29, 1.82) is 0 Å². The van der Waals surface area contributed by atoms with Crippen molar-refractivity contribution >= 4 is 39.0 Å². The van der Waals surface area contributed by atoms with Gasteiger partial charge in [0.1, 0.15) is 23.7 Å². The zero-order chi connectivity index (χ0) is 30.1. The summed E-state index contributed by atoms with van der Waals surface area (Å²) in [5.41, 5.74) is 2.66. The first-order chi connectivity index (χ1) is 18.6. The van der Waals surface area contributed by atoms with Crippen LogP contribution in [0.25, 0.3) is 22.6 Å². The number of carboxylic acids is 2. The zero-order valence-corrected chi connectivity index (χ0v) is 22.3. The number of hydrogen-bond acceptors (Lipinski definition) is 7. The van der Waals surface area contributed by atoms with Gasteiger partial charge in [-0.25, -0.2) is 19.6 Å². The number of H-pyrrole nitrogens is 1. The normalized spacial score (nSPS) is 14.5. The fourth-order valence-electron chi connectivity index (χ4n) is 3.08. The van der Waals surface area contributed by atoms with Crippen LogP contribution in [0.2, 0.25) is 0 Å². The number of nitrogens with one attached hydrogen (secondary N) is 1. The third kappa shape index (κ3) is 11.0. The molecule has 1 aromatic carbocycles. The number of fused-ring (bicyclic) bond motifs is 1. The van der Waals surface area contributed by atoms with Crippen LogP contribution in [0, 0.1) is 0 Å². The fraction of sp³-hybridized carbons (Fsp3) is 0.391. The van der Waals surface area contributed by atoms with Gasteiger partial charge < -0.3 is 24.8 Å². The number of benzene rings is 1. The number of halogens is 7. The number of likely N-dealkylation sites (N-methyl/N-ethyl adjacent to an activating group) is 1. The van der Waals surface area contributed by atoms with Gasteiger partial charge in [0.2, 0.25) is 0 Å². The van der Waals surface area contributed by atoms with Crippen LogP contribution in [0.15, 0.2) is 41.0 Å². The molecule has 4 rings (SSSR count). The van der Waals surface area contributed by atoms with E-state index in [0.717, 1.165) is 65.5 Å². The number of carboxylic acid groups (broad SMARTS) is 2. The van der Waals surface area contributed by atoms with E-state index in [1.165, 1.54) is 0 Å². The molecule has 0 spiro atoms. The minimum atomic E-state index is -5.08. The lowest BCUT2D eigenvalue weighted by molar-refractivity contribution is -0.193. The molecule has 0 saturated carbocycles. The van der Waals surface area contributed by atoms with Gasteiger partial charge in [-0.1, -0.05) is 0 Å². The van der Waals surface area contributed by atoms with Crippen LogP contribution in [0.4, 0.5) is 26.3 Å². The van der Waals surface area contributed by atoms with E-state index in [1.807, 2.05) is 30.3 Å². The van der Waals surface area contributed by atoms with Crippen LogP contribution in [-0.4, -0.2) is 106 Å². The highest BCUT2D eigenvalue weighted by molar-refractivity contribution is 9.10. The molecule has 0 amide bonds. The molecule has 40 heavy (non-hydrogen) atoms. The molecule has 0 atom stereocenters. The maximum Gasteiger partial charge on any atom is 0.490 e. The fourth-order valence-corrected chi connectivity index (χ4v) is 3.40. The van der Waals surface area contributed by atoms with E-state index in [4.69, 9.17) is 24.5 Å². The maximum absolute atomic E-state index is 10.6. The van der Waals surface area contributed by atoms with Crippen molar-refractivity contribution in [2.45, 2.75) is 12.4 Å². The number of imidazole rings is 1. The van der Waals surface area contributed by atoms with E-state index < -0.39 is 24.3 Å². The maximum atomic E-state index is 10.6. The van der Waals surface area contributed by atoms with Gasteiger partial charge in [-0.05, 0) is 53.3 Å². The van der Waals surface area contributed by atoms with Crippen molar-refractivity contribution in [2.75, 3.05) is 46.4 Å². The summed E-state index contributed by atoms with van der Waals surface area (Å²) in [4.78, 5) is 34.8. The summed E-state index contributed by atoms with van der Waals surface area (Å²) >= 11 is 3.42. The van der Waals surface area contributed by atoms with E-state index in [-0.39, 0.29) is 0 Å². The van der Waals surface area contributed by atoms with Gasteiger partial charge in [0.25, 0.3) is 0 Å². The summed E-state index contributed by atoms with van der Waals surface area (Å²) < 4.78 is 70.3. The Kier molecular flexibility index (Phi) is 11.7. The molecule has 3 heterocycles. The quantitative estimate of drug-likeness (QED) is 0.349. The minimum absolute atomic E-state index is 0.714. The summed E-state index contributed by atoms with van der Waals surface area (Å²) in [5, 5.41) is 14.2. The lowest BCUT2D eigenvalue weighted by Crippen LogP contribution is -2.45. The number of pyridine rings is 1. The van der Waals surface area contributed by atoms with Crippen molar-refractivity contribution in [1.82, 2.24) is 24.8 Å². The molecule has 3 aromatic rings. The number of nitrogens with zero attached hydrogens (tertiary/aromatic N) is 4. The Hall–Kier alpha value is -3.44. The molecule has 10 nitrogen and oxygen atoms in total. The summed E-state index contributed by atoms with van der Waals surface area (Å²) in [7, 11) is 2.17. The van der Waals surface area contributed by atoms with Gasteiger partial charge in [-0.15, -0.1) is 0 Å². The Morgan fingerprint density at radius 3 is 2.02 bits per heavy atom. The number of alkyl halides is 6. The van der Waals surface area contributed by atoms with Crippen LogP contribution in [-0.2, 0) is 9.59 Å². The third-order valence-electron chi connectivity index (χ3n) is 5.19. The number of piperazine rings is 1. The number of aliphatic carboxylic acids is 2. The van der Waals surface area contributed by atoms with Crippen LogP contribution in [0.5, 0.6) is 5.75 Å². The van der Waals surface area contributed by atoms with E-state index in [9.17, 15) is 26.3 Å². The molecule has 3 N–H and O–H groups in total. The standard InChI is InChI=1S/C19H22BrN5O.2C2HF3O2/c1-24-6-8-25(9-7-24)10-11-26-16-4-2-14(3-5-16)18-22-17-12-15(20)13-21-19(17)23-18;2*3-2(4,5)1(6)7/h2-5,12-13H,6-11H2,1H3,(H,21,22,23);2*(H,6,7). The molecule has 0 unspecified atom stereocenters. The van der Waals surface area contributed by atoms with Gasteiger partial charge in [0.05, 0.1) is 0 Å². The minimum Gasteiger partial charge on any atom is -0.492 e. The lowest BCUT2D eigenvalue weighted by atomic mass is 10.2. The average molecular weight is 644 g/mol. The van der Waals surface area contributed by atoms with Crippen molar-refractivity contribution in [2.24, 2.45) is 0 Å². The molecular formula is C23H24BrF6N5O5. The van der Waals surface area contributed by atoms with Crippen LogP contribution in [0.3, 0.4) is 0 Å². The summed E-state index contributed by atoms with van der Waals surface area (Å²) in [5.74, 6) is -3.81. The van der Waals surface area contributed by atoms with Crippen LogP contribution >= 0.6 is 15.9 Å². The molecule has 220 valence electrons. The Labute approximate surface area is 231 Å². The zero-order valence-electron chi connectivity index (χ0n) is 20.8. The molecule has 17 heteroatoms. The molecule has 1 fully saturated rings. The number of ether oxygens (including phenoxy) is 1. The predicted octanol–water partition coefficient (Wildman–Crippen LogP) is 4.28. The van der Waals surface area contributed by atoms with E-state index in [2.05, 4.69) is 47.7 Å². The predicted molar refractivity (Wildman–Crippen MR) is 134 cm³/mol. The summed E-state index contributed by atoms with van der Waals surface area (Å²) in [6.07, 6.45) is -8.40. The van der Waals surface area contributed by atoms with Gasteiger partial charge in [-0.3, -0.25) is 4.90 Å². The smallest absolute Gasteiger partial charge is 0.490 e. The Morgan fingerprint density at radius 2 is 1.52 bits per heavy atom. The summed E-state index contributed by atoms with van der Waals surface area (Å²) in [6.45, 7) is 6.20. The first-order valence-electron chi connectivity index (χ1n) is 11.3. The van der Waals surface area contributed by atoms with Crippen LogP contribution < -0.4 is 4.74 Å². The average Bonchev–Trinajstić information content (AvgIpc) is 3.28. The Morgan fingerprint density at radius 1 is 1.00 bits per heavy atom. The number of rotatable bonds is 5. The van der Waals surface area contributed by atoms with E-state index >= 15 is 0 Å². The van der Waals surface area contributed by atoms with Crippen molar-refractivity contribution in [3.63, 3.8) is 0 Å². The molecule has 0 bridgehead atoms. The highest BCUT2D eigenvalue weighted by atomic mass is 79.9. The lowest BCUT2D eigenvalue weighted by Gasteiger charge is -2.32. The van der Waals surface area contributed by atoms with E-state index in [0.29, 0.717) is 6.61 Å². The van der Waals surface area contributed by atoms with Gasteiger partial charge in [0, 0.05) is 49.0 Å². The SMILES string of the molecule is CN1CCN(CCOc2ccc(-c3nc4cc(Br)cnc4[nH]3)cc2)CC1.O=C(O)C(F)(F)F.O=C(O)C(F)(F)F. The Balaban J connectivity index is 0.000000333. The molecular weight excluding hydrogens is 620 g/mol. The van der Waals surface area contributed by atoms with Gasteiger partial charge >= 0.3 is 24.3 Å². The molecule has 2 aromatic heterocycles. The van der Waals surface area contributed by atoms with Gasteiger partial charge in [-0.2, -0.15) is 26.3 Å². The number of aromatic amines is 1. The Bertz CT molecular complexity index is 1240. The first-order valence-corrected chi connectivity index (χ1v) is 12.1. The number of hydrogen-bond donors (Lipinski definition) is 3. The van der Waals surface area contributed by atoms with Crippen molar-refractivity contribution in [3.8, 4) is 17.1 Å². The van der Waals surface area contributed by atoms with Gasteiger partial charge in [0.15, 0.2) is 5.65 Å².